The Hall–Kier alpha value is -1.03. The second-order valence-electron chi connectivity index (χ2n) is 4.17. The summed E-state index contributed by atoms with van der Waals surface area (Å²) >= 11 is 3.37. The summed E-state index contributed by atoms with van der Waals surface area (Å²) in [7, 11) is 1.60. The third-order valence-electron chi connectivity index (χ3n) is 2.73. The highest BCUT2D eigenvalue weighted by Gasteiger charge is 2.07. The van der Waals surface area contributed by atoms with E-state index in [0.29, 0.717) is 5.56 Å². The van der Waals surface area contributed by atoms with Crippen molar-refractivity contribution in [2.24, 2.45) is 0 Å². The van der Waals surface area contributed by atoms with E-state index in [1.54, 1.807) is 25.3 Å². The second kappa shape index (κ2) is 8.14. The number of amides is 1. The first-order valence-corrected chi connectivity index (χ1v) is 7.10. The fraction of sp³-hybridized carbons (Fsp3) is 0.500. The highest BCUT2D eigenvalue weighted by atomic mass is 79.9. The Balaban J connectivity index is 2.44. The molecular formula is C14H20BrNO2. The lowest BCUT2D eigenvalue weighted by atomic mass is 10.2. The zero-order valence-corrected chi connectivity index (χ0v) is 12.5. The van der Waals surface area contributed by atoms with Gasteiger partial charge in [0, 0.05) is 12.1 Å². The van der Waals surface area contributed by atoms with Crippen LogP contribution in [0.15, 0.2) is 22.7 Å². The van der Waals surface area contributed by atoms with Gasteiger partial charge in [-0.2, -0.15) is 0 Å². The van der Waals surface area contributed by atoms with E-state index >= 15 is 0 Å². The highest BCUT2D eigenvalue weighted by Crippen LogP contribution is 2.25. The van der Waals surface area contributed by atoms with Crippen LogP contribution >= 0.6 is 15.9 Å². The van der Waals surface area contributed by atoms with E-state index in [4.69, 9.17) is 4.74 Å². The molecule has 0 aliphatic rings. The first kappa shape index (κ1) is 15.0. The highest BCUT2D eigenvalue weighted by molar-refractivity contribution is 9.10. The van der Waals surface area contributed by atoms with Gasteiger partial charge in [-0.15, -0.1) is 0 Å². The van der Waals surface area contributed by atoms with Gasteiger partial charge in [-0.05, 0) is 40.5 Å². The summed E-state index contributed by atoms with van der Waals surface area (Å²) in [6, 6.07) is 5.33. The molecule has 1 rings (SSSR count). The van der Waals surface area contributed by atoms with Crippen molar-refractivity contribution in [3.63, 3.8) is 0 Å². The van der Waals surface area contributed by atoms with Gasteiger partial charge in [-0.25, -0.2) is 0 Å². The van der Waals surface area contributed by atoms with Crippen LogP contribution in [0.1, 0.15) is 43.0 Å². The minimum Gasteiger partial charge on any atom is -0.496 e. The SMILES string of the molecule is CCCCCCNC(=O)c1ccc(OC)c(Br)c1. The molecule has 0 bridgehead atoms. The molecule has 0 spiro atoms. The number of benzene rings is 1. The Morgan fingerprint density at radius 2 is 2.11 bits per heavy atom. The summed E-state index contributed by atoms with van der Waals surface area (Å²) in [6.45, 7) is 2.91. The molecular weight excluding hydrogens is 294 g/mol. The molecule has 1 aromatic rings. The minimum atomic E-state index is -0.0325. The topological polar surface area (TPSA) is 38.3 Å². The maximum Gasteiger partial charge on any atom is 0.251 e. The molecule has 1 amide bonds. The quantitative estimate of drug-likeness (QED) is 0.778. The molecule has 100 valence electrons. The number of carbonyl (C=O) groups is 1. The van der Waals surface area contributed by atoms with Crippen LogP contribution in [-0.2, 0) is 0 Å². The average molecular weight is 314 g/mol. The Morgan fingerprint density at radius 3 is 2.72 bits per heavy atom. The molecule has 0 unspecified atom stereocenters. The van der Waals surface area contributed by atoms with Gasteiger partial charge >= 0.3 is 0 Å². The van der Waals surface area contributed by atoms with E-state index in [1.165, 1.54) is 19.3 Å². The Bertz CT molecular complexity index is 393. The van der Waals surface area contributed by atoms with Gasteiger partial charge in [0.05, 0.1) is 11.6 Å². The lowest BCUT2D eigenvalue weighted by Crippen LogP contribution is -2.24. The third kappa shape index (κ3) is 4.69. The van der Waals surface area contributed by atoms with Gasteiger partial charge in [0.25, 0.3) is 5.91 Å². The lowest BCUT2D eigenvalue weighted by Gasteiger charge is -2.07. The molecule has 0 aromatic heterocycles. The van der Waals surface area contributed by atoms with Crippen LogP contribution in [0.3, 0.4) is 0 Å². The average Bonchev–Trinajstić information content (AvgIpc) is 2.38. The smallest absolute Gasteiger partial charge is 0.251 e. The molecule has 4 heteroatoms. The fourth-order valence-corrected chi connectivity index (χ4v) is 2.20. The van der Waals surface area contributed by atoms with Crippen LogP contribution < -0.4 is 10.1 Å². The molecule has 0 heterocycles. The number of rotatable bonds is 7. The molecule has 0 radical (unpaired) electrons. The largest absolute Gasteiger partial charge is 0.496 e. The standard InChI is InChI=1S/C14H20BrNO2/c1-3-4-5-6-9-16-14(17)11-7-8-13(18-2)12(15)10-11/h7-8,10H,3-6,9H2,1-2H3,(H,16,17). The van der Waals surface area contributed by atoms with E-state index in [9.17, 15) is 4.79 Å². The molecule has 3 nitrogen and oxygen atoms in total. The number of hydrogen-bond acceptors (Lipinski definition) is 2. The molecule has 18 heavy (non-hydrogen) atoms. The van der Waals surface area contributed by atoms with Gasteiger partial charge in [0.1, 0.15) is 5.75 Å². The van der Waals surface area contributed by atoms with Gasteiger partial charge in [0.15, 0.2) is 0 Å². The number of nitrogens with one attached hydrogen (secondary N) is 1. The van der Waals surface area contributed by atoms with Crippen molar-refractivity contribution in [3.8, 4) is 5.75 Å². The molecule has 0 atom stereocenters. The summed E-state index contributed by atoms with van der Waals surface area (Å²) in [5.41, 5.74) is 0.651. The Morgan fingerprint density at radius 1 is 1.33 bits per heavy atom. The van der Waals surface area contributed by atoms with E-state index in [-0.39, 0.29) is 5.91 Å². The van der Waals surface area contributed by atoms with Crippen molar-refractivity contribution in [3.05, 3.63) is 28.2 Å². The Kier molecular flexibility index (Phi) is 6.80. The summed E-state index contributed by atoms with van der Waals surface area (Å²) in [5, 5.41) is 2.92. The van der Waals surface area contributed by atoms with Crippen molar-refractivity contribution >= 4 is 21.8 Å². The van der Waals surface area contributed by atoms with Gasteiger partial charge in [-0.1, -0.05) is 26.2 Å². The maximum atomic E-state index is 11.9. The van der Waals surface area contributed by atoms with Gasteiger partial charge in [-0.3, -0.25) is 4.79 Å². The first-order valence-electron chi connectivity index (χ1n) is 6.30. The summed E-state index contributed by atoms with van der Waals surface area (Å²) in [4.78, 5) is 11.9. The molecule has 0 aliphatic carbocycles. The Labute approximate surface area is 117 Å². The van der Waals surface area contributed by atoms with Crippen LogP contribution in [0.4, 0.5) is 0 Å². The van der Waals surface area contributed by atoms with Crippen molar-refractivity contribution in [1.29, 1.82) is 0 Å². The summed E-state index contributed by atoms with van der Waals surface area (Å²) in [5.74, 6) is 0.698. The summed E-state index contributed by atoms with van der Waals surface area (Å²) < 4.78 is 5.92. The van der Waals surface area contributed by atoms with Crippen LogP contribution in [0.25, 0.3) is 0 Å². The van der Waals surface area contributed by atoms with Crippen molar-refractivity contribution in [2.45, 2.75) is 32.6 Å². The normalized spacial score (nSPS) is 10.2. The van der Waals surface area contributed by atoms with Crippen LogP contribution in [-0.4, -0.2) is 19.6 Å². The molecule has 1 aromatic carbocycles. The van der Waals surface area contributed by atoms with Crippen molar-refractivity contribution in [2.75, 3.05) is 13.7 Å². The van der Waals surface area contributed by atoms with E-state index in [1.807, 2.05) is 0 Å². The minimum absolute atomic E-state index is 0.0325. The van der Waals surface area contributed by atoms with E-state index in [2.05, 4.69) is 28.2 Å². The first-order chi connectivity index (χ1) is 8.69. The predicted octanol–water partition coefficient (Wildman–Crippen LogP) is 3.77. The van der Waals surface area contributed by atoms with E-state index in [0.717, 1.165) is 23.2 Å². The van der Waals surface area contributed by atoms with Crippen LogP contribution in [0, 0.1) is 0 Å². The number of unbranched alkanes of at least 4 members (excludes halogenated alkanes) is 3. The van der Waals surface area contributed by atoms with E-state index < -0.39 is 0 Å². The van der Waals surface area contributed by atoms with Gasteiger partial charge < -0.3 is 10.1 Å². The fourth-order valence-electron chi connectivity index (χ4n) is 1.66. The second-order valence-corrected chi connectivity index (χ2v) is 5.02. The predicted molar refractivity (Wildman–Crippen MR) is 77.2 cm³/mol. The zero-order valence-electron chi connectivity index (χ0n) is 11.0. The van der Waals surface area contributed by atoms with Crippen molar-refractivity contribution < 1.29 is 9.53 Å². The number of carbonyl (C=O) groups excluding carboxylic acids is 1. The third-order valence-corrected chi connectivity index (χ3v) is 3.35. The number of ether oxygens (including phenoxy) is 1. The van der Waals surface area contributed by atoms with Crippen molar-refractivity contribution in [1.82, 2.24) is 5.32 Å². The zero-order chi connectivity index (χ0) is 13.4. The number of halogens is 1. The lowest BCUT2D eigenvalue weighted by molar-refractivity contribution is 0.0953. The number of methoxy groups -OCH3 is 1. The monoisotopic (exact) mass is 313 g/mol. The van der Waals surface area contributed by atoms with Crippen LogP contribution in [0.5, 0.6) is 5.75 Å². The molecule has 0 aliphatic heterocycles. The van der Waals surface area contributed by atoms with Gasteiger partial charge in [0.2, 0.25) is 0 Å². The summed E-state index contributed by atoms with van der Waals surface area (Å²) in [6.07, 6.45) is 4.64. The maximum absolute atomic E-state index is 11.9. The number of hydrogen-bond donors (Lipinski definition) is 1. The molecule has 0 saturated carbocycles. The molecule has 0 saturated heterocycles. The molecule has 1 N–H and O–H groups in total. The van der Waals surface area contributed by atoms with Crippen LogP contribution in [0.2, 0.25) is 0 Å². The molecule has 0 fully saturated rings.